The highest BCUT2D eigenvalue weighted by Gasteiger charge is 2.30. The summed E-state index contributed by atoms with van der Waals surface area (Å²) in [6, 6.07) is 0.453. The molecule has 2 fully saturated rings. The van der Waals surface area contributed by atoms with Crippen LogP contribution in [0.25, 0.3) is 0 Å². The Morgan fingerprint density at radius 2 is 2.18 bits per heavy atom. The molecule has 2 saturated heterocycles. The average molecular weight is 240 g/mol. The number of nitrogens with one attached hydrogen (secondary N) is 1. The third-order valence-corrected chi connectivity index (χ3v) is 3.60. The van der Waals surface area contributed by atoms with Crippen molar-refractivity contribution in [2.45, 2.75) is 31.8 Å². The fourth-order valence-electron chi connectivity index (χ4n) is 2.50. The van der Waals surface area contributed by atoms with Crippen LogP contribution in [0, 0.1) is 0 Å². The molecule has 17 heavy (non-hydrogen) atoms. The van der Waals surface area contributed by atoms with E-state index in [0.29, 0.717) is 12.6 Å². The number of carbonyl (C=O) groups excluding carboxylic acids is 2. The van der Waals surface area contributed by atoms with Crippen LogP contribution >= 0.6 is 0 Å². The van der Waals surface area contributed by atoms with E-state index in [1.165, 1.54) is 4.90 Å². The largest absolute Gasteiger partial charge is 0.329 e. The summed E-state index contributed by atoms with van der Waals surface area (Å²) in [7, 11) is 0. The van der Waals surface area contributed by atoms with Gasteiger partial charge in [-0.15, -0.1) is 0 Å². The number of nitrogens with two attached hydrogens (primary N) is 1. The van der Waals surface area contributed by atoms with E-state index in [0.717, 1.165) is 25.9 Å². The highest BCUT2D eigenvalue weighted by Crippen LogP contribution is 2.15. The van der Waals surface area contributed by atoms with Crippen LogP contribution in [0.3, 0.4) is 0 Å². The van der Waals surface area contributed by atoms with Gasteiger partial charge in [-0.05, 0) is 26.3 Å². The highest BCUT2D eigenvalue weighted by molar-refractivity contribution is 6.01. The van der Waals surface area contributed by atoms with Gasteiger partial charge in [0.1, 0.15) is 0 Å². The molecule has 2 heterocycles. The molecule has 3 amide bonds. The summed E-state index contributed by atoms with van der Waals surface area (Å²) in [6.45, 7) is 4.45. The number of carbonyl (C=O) groups is 2. The second-order valence-electron chi connectivity index (χ2n) is 4.87. The molecule has 0 aromatic carbocycles. The zero-order valence-corrected chi connectivity index (χ0v) is 10.2. The quantitative estimate of drug-likeness (QED) is 0.643. The molecule has 0 spiro atoms. The zero-order valence-electron chi connectivity index (χ0n) is 10.2. The Bertz CT molecular complexity index is 305. The van der Waals surface area contributed by atoms with E-state index >= 15 is 0 Å². The van der Waals surface area contributed by atoms with Crippen LogP contribution in [0.1, 0.15) is 19.8 Å². The van der Waals surface area contributed by atoms with Crippen LogP contribution in [-0.4, -0.2) is 60.0 Å². The standard InChI is InChI=1S/C11H20N4O2/c1-8-6-9(12)2-3-14(8)4-5-15-10(16)7-13-11(15)17/h8-9H,2-7,12H2,1H3,(H,13,17). The Balaban J connectivity index is 1.82. The summed E-state index contributed by atoms with van der Waals surface area (Å²) >= 11 is 0. The minimum atomic E-state index is -0.267. The fourth-order valence-corrected chi connectivity index (χ4v) is 2.50. The van der Waals surface area contributed by atoms with Gasteiger partial charge in [0.05, 0.1) is 6.54 Å². The molecule has 0 saturated carbocycles. The summed E-state index contributed by atoms with van der Waals surface area (Å²) in [5, 5.41) is 2.52. The zero-order chi connectivity index (χ0) is 12.4. The van der Waals surface area contributed by atoms with Gasteiger partial charge in [-0.1, -0.05) is 0 Å². The number of hydrogen-bond acceptors (Lipinski definition) is 4. The summed E-state index contributed by atoms with van der Waals surface area (Å²) in [5.41, 5.74) is 5.89. The Morgan fingerprint density at radius 3 is 2.76 bits per heavy atom. The van der Waals surface area contributed by atoms with Crippen LogP contribution in [0.15, 0.2) is 0 Å². The number of nitrogens with zero attached hydrogens (tertiary/aromatic N) is 2. The van der Waals surface area contributed by atoms with Crippen LogP contribution < -0.4 is 11.1 Å². The van der Waals surface area contributed by atoms with E-state index in [1.807, 2.05) is 0 Å². The summed E-state index contributed by atoms with van der Waals surface area (Å²) in [6.07, 6.45) is 1.98. The fraction of sp³-hybridized carbons (Fsp3) is 0.818. The lowest BCUT2D eigenvalue weighted by Gasteiger charge is -2.36. The molecule has 2 aliphatic rings. The van der Waals surface area contributed by atoms with Gasteiger partial charge in [-0.2, -0.15) is 0 Å². The Hall–Kier alpha value is -1.14. The smallest absolute Gasteiger partial charge is 0.324 e. The Kier molecular flexibility index (Phi) is 3.63. The van der Waals surface area contributed by atoms with Crippen molar-refractivity contribution in [3.8, 4) is 0 Å². The maximum absolute atomic E-state index is 11.4. The van der Waals surface area contributed by atoms with Crippen molar-refractivity contribution in [3.63, 3.8) is 0 Å². The topological polar surface area (TPSA) is 78.7 Å². The van der Waals surface area contributed by atoms with Crippen molar-refractivity contribution in [1.29, 1.82) is 0 Å². The van der Waals surface area contributed by atoms with Crippen molar-refractivity contribution < 1.29 is 9.59 Å². The number of likely N-dealkylation sites (tertiary alicyclic amines) is 1. The highest BCUT2D eigenvalue weighted by atomic mass is 16.2. The van der Waals surface area contributed by atoms with Gasteiger partial charge >= 0.3 is 6.03 Å². The molecule has 0 aliphatic carbocycles. The van der Waals surface area contributed by atoms with Gasteiger partial charge in [0.2, 0.25) is 5.91 Å². The van der Waals surface area contributed by atoms with Crippen molar-refractivity contribution in [2.24, 2.45) is 5.73 Å². The van der Waals surface area contributed by atoms with Crippen molar-refractivity contribution in [1.82, 2.24) is 15.1 Å². The Morgan fingerprint density at radius 1 is 1.41 bits per heavy atom. The third kappa shape index (κ3) is 2.76. The number of hydrogen-bond donors (Lipinski definition) is 2. The van der Waals surface area contributed by atoms with E-state index in [9.17, 15) is 9.59 Å². The second kappa shape index (κ2) is 5.01. The number of imide groups is 1. The maximum Gasteiger partial charge on any atom is 0.324 e. The molecular formula is C11H20N4O2. The van der Waals surface area contributed by atoms with Gasteiger partial charge in [0, 0.05) is 25.2 Å². The maximum atomic E-state index is 11.4. The van der Waals surface area contributed by atoms with Gasteiger partial charge in [-0.25, -0.2) is 4.79 Å². The first kappa shape index (κ1) is 12.3. The minimum Gasteiger partial charge on any atom is -0.329 e. The lowest BCUT2D eigenvalue weighted by atomic mass is 9.99. The van der Waals surface area contributed by atoms with Crippen molar-refractivity contribution in [3.05, 3.63) is 0 Å². The molecule has 2 rings (SSSR count). The van der Waals surface area contributed by atoms with E-state index in [4.69, 9.17) is 5.73 Å². The van der Waals surface area contributed by atoms with Crippen molar-refractivity contribution >= 4 is 11.9 Å². The normalized spacial score (nSPS) is 30.8. The number of rotatable bonds is 3. The first-order valence-electron chi connectivity index (χ1n) is 6.15. The van der Waals surface area contributed by atoms with Crippen LogP contribution in [-0.2, 0) is 4.79 Å². The molecule has 0 aromatic heterocycles. The summed E-state index contributed by atoms with van der Waals surface area (Å²) in [5.74, 6) is -0.128. The number of urea groups is 1. The molecular weight excluding hydrogens is 220 g/mol. The van der Waals surface area contributed by atoms with Crippen molar-refractivity contribution in [2.75, 3.05) is 26.2 Å². The molecule has 2 atom stereocenters. The first-order valence-corrected chi connectivity index (χ1v) is 6.15. The van der Waals surface area contributed by atoms with Gasteiger partial charge < -0.3 is 11.1 Å². The van der Waals surface area contributed by atoms with Crippen LogP contribution in [0.5, 0.6) is 0 Å². The van der Waals surface area contributed by atoms with Crippen LogP contribution in [0.2, 0.25) is 0 Å². The lowest BCUT2D eigenvalue weighted by Crippen LogP contribution is -2.48. The number of piperidine rings is 1. The van der Waals surface area contributed by atoms with Gasteiger partial charge in [0.25, 0.3) is 0 Å². The van der Waals surface area contributed by atoms with E-state index in [2.05, 4.69) is 17.1 Å². The minimum absolute atomic E-state index is 0.128. The predicted octanol–water partition coefficient (Wildman–Crippen LogP) is -0.650. The molecule has 2 aliphatic heterocycles. The van der Waals surface area contributed by atoms with Gasteiger partial charge in [-0.3, -0.25) is 14.6 Å². The SMILES string of the molecule is CC1CC(N)CCN1CCN1C(=O)CNC1=O. The van der Waals surface area contributed by atoms with Crippen LogP contribution in [0.4, 0.5) is 4.79 Å². The second-order valence-corrected chi connectivity index (χ2v) is 4.87. The van der Waals surface area contributed by atoms with Gasteiger partial charge in [0.15, 0.2) is 0 Å². The molecule has 3 N–H and O–H groups in total. The molecule has 6 heteroatoms. The summed E-state index contributed by atoms with van der Waals surface area (Å²) < 4.78 is 0. The molecule has 0 aromatic rings. The average Bonchev–Trinajstić information content (AvgIpc) is 2.58. The number of amides is 3. The van der Waals surface area contributed by atoms with E-state index < -0.39 is 0 Å². The molecule has 0 bridgehead atoms. The first-order chi connectivity index (χ1) is 8.08. The monoisotopic (exact) mass is 240 g/mol. The molecule has 96 valence electrons. The van der Waals surface area contributed by atoms with E-state index in [1.54, 1.807) is 0 Å². The molecule has 6 nitrogen and oxygen atoms in total. The third-order valence-electron chi connectivity index (χ3n) is 3.60. The molecule has 2 unspecified atom stereocenters. The predicted molar refractivity (Wildman–Crippen MR) is 63.4 cm³/mol. The molecule has 0 radical (unpaired) electrons. The lowest BCUT2D eigenvalue weighted by molar-refractivity contribution is -0.125. The summed E-state index contributed by atoms with van der Waals surface area (Å²) in [4.78, 5) is 26.3. The van der Waals surface area contributed by atoms with E-state index in [-0.39, 0.29) is 24.5 Å². The Labute approximate surface area is 101 Å².